The number of amides is 2. The van der Waals surface area contributed by atoms with E-state index in [1.807, 2.05) is 15.9 Å². The van der Waals surface area contributed by atoms with Gasteiger partial charge in [0.1, 0.15) is 0 Å². The van der Waals surface area contributed by atoms with Gasteiger partial charge < -0.3 is 14.4 Å². The van der Waals surface area contributed by atoms with Gasteiger partial charge in [0.05, 0.1) is 0 Å². The fourth-order valence-electron chi connectivity index (χ4n) is 5.72. The van der Waals surface area contributed by atoms with Crippen molar-refractivity contribution in [2.24, 2.45) is 0 Å². The monoisotopic (exact) mass is 428 g/mol. The lowest BCUT2D eigenvalue weighted by Gasteiger charge is -2.34. The number of nitrogens with zero attached hydrogens (tertiary/aromatic N) is 4. The Hall–Kier alpha value is -2.05. The number of fused-ring (bicyclic) bond motifs is 6. The van der Waals surface area contributed by atoms with E-state index in [-0.39, 0.29) is 11.8 Å². The van der Waals surface area contributed by atoms with Crippen molar-refractivity contribution in [1.82, 2.24) is 19.3 Å². The minimum absolute atomic E-state index is 0.0887. The van der Waals surface area contributed by atoms with E-state index in [4.69, 9.17) is 11.6 Å². The second-order valence-electron chi connectivity index (χ2n) is 8.93. The molecule has 30 heavy (non-hydrogen) atoms. The van der Waals surface area contributed by atoms with Crippen LogP contribution in [-0.2, 0) is 22.6 Å². The van der Waals surface area contributed by atoms with Gasteiger partial charge in [-0.15, -0.1) is 0 Å². The van der Waals surface area contributed by atoms with Crippen molar-refractivity contribution < 1.29 is 9.59 Å². The summed E-state index contributed by atoms with van der Waals surface area (Å²) >= 11 is 6.36. The number of halogens is 1. The molecule has 2 fully saturated rings. The van der Waals surface area contributed by atoms with Crippen molar-refractivity contribution >= 4 is 34.3 Å². The quantitative estimate of drug-likeness (QED) is 0.754. The Balaban J connectivity index is 1.39. The number of likely N-dealkylation sites (N-methyl/N-ethyl adjacent to an activating group) is 1. The average Bonchev–Trinajstić information content (AvgIpc) is 3.15. The van der Waals surface area contributed by atoms with Gasteiger partial charge in [0.15, 0.2) is 0 Å². The summed E-state index contributed by atoms with van der Waals surface area (Å²) in [5.74, 6) is 0.268. The van der Waals surface area contributed by atoms with Crippen molar-refractivity contribution in [3.63, 3.8) is 0 Å². The summed E-state index contributed by atoms with van der Waals surface area (Å²) in [6, 6.07) is 7.21. The molecular weight excluding hydrogens is 400 g/mol. The van der Waals surface area contributed by atoms with Gasteiger partial charge in [-0.05, 0) is 43.7 Å². The molecule has 2 amide bonds. The van der Waals surface area contributed by atoms with Crippen LogP contribution in [0.1, 0.15) is 43.5 Å². The molecule has 1 aromatic heterocycles. The SMILES string of the molecule is CC(=O)N1CCN(C(=O)CCn2c3c(c4cc(Cl)ccc42)C2CCC(C3)N2C)CC1. The van der Waals surface area contributed by atoms with E-state index in [1.54, 1.807) is 6.92 Å². The van der Waals surface area contributed by atoms with Crippen molar-refractivity contribution in [3.8, 4) is 0 Å². The average molecular weight is 429 g/mol. The van der Waals surface area contributed by atoms with E-state index < -0.39 is 0 Å². The molecule has 0 saturated carbocycles. The summed E-state index contributed by atoms with van der Waals surface area (Å²) in [5, 5.41) is 2.02. The van der Waals surface area contributed by atoms with Crippen LogP contribution in [0.25, 0.3) is 10.9 Å². The number of aryl methyl sites for hydroxylation is 1. The summed E-state index contributed by atoms with van der Waals surface area (Å²) in [7, 11) is 2.24. The number of hydrogen-bond donors (Lipinski definition) is 0. The Morgan fingerprint density at radius 1 is 1.10 bits per heavy atom. The Morgan fingerprint density at radius 3 is 2.57 bits per heavy atom. The number of aromatic nitrogens is 1. The van der Waals surface area contributed by atoms with E-state index in [0.29, 0.717) is 51.2 Å². The van der Waals surface area contributed by atoms with Crippen LogP contribution in [0.3, 0.4) is 0 Å². The first-order valence-electron chi connectivity index (χ1n) is 11.0. The first kappa shape index (κ1) is 19.9. The molecule has 2 unspecified atom stereocenters. The van der Waals surface area contributed by atoms with Crippen LogP contribution < -0.4 is 0 Å². The highest BCUT2D eigenvalue weighted by Crippen LogP contribution is 2.47. The predicted octanol–water partition coefficient (Wildman–Crippen LogP) is 3.07. The van der Waals surface area contributed by atoms with E-state index in [0.717, 1.165) is 11.4 Å². The maximum atomic E-state index is 12.9. The van der Waals surface area contributed by atoms with Gasteiger partial charge in [-0.3, -0.25) is 14.5 Å². The molecule has 3 aliphatic heterocycles. The second kappa shape index (κ2) is 7.57. The smallest absolute Gasteiger partial charge is 0.224 e. The molecule has 0 N–H and O–H groups in total. The number of rotatable bonds is 3. The Kier molecular flexibility index (Phi) is 5.02. The van der Waals surface area contributed by atoms with E-state index >= 15 is 0 Å². The minimum atomic E-state index is 0.0887. The number of hydrogen-bond acceptors (Lipinski definition) is 3. The zero-order chi connectivity index (χ0) is 21.0. The lowest BCUT2D eigenvalue weighted by atomic mass is 9.97. The Labute approximate surface area is 182 Å². The lowest BCUT2D eigenvalue weighted by molar-refractivity contribution is -0.138. The molecule has 2 saturated heterocycles. The molecule has 7 heteroatoms. The van der Waals surface area contributed by atoms with Crippen LogP contribution in [0.4, 0.5) is 0 Å². The third-order valence-electron chi connectivity index (χ3n) is 7.41. The predicted molar refractivity (Wildman–Crippen MR) is 118 cm³/mol. The van der Waals surface area contributed by atoms with Gasteiger partial charge in [-0.25, -0.2) is 0 Å². The van der Waals surface area contributed by atoms with Crippen molar-refractivity contribution in [1.29, 1.82) is 0 Å². The molecule has 0 aliphatic carbocycles. The maximum absolute atomic E-state index is 12.9. The molecule has 2 atom stereocenters. The van der Waals surface area contributed by atoms with E-state index in [9.17, 15) is 9.59 Å². The van der Waals surface area contributed by atoms with Gasteiger partial charge in [0.25, 0.3) is 0 Å². The largest absolute Gasteiger partial charge is 0.344 e. The van der Waals surface area contributed by atoms with Crippen molar-refractivity contribution in [2.75, 3.05) is 33.2 Å². The Morgan fingerprint density at radius 2 is 1.83 bits per heavy atom. The zero-order valence-corrected chi connectivity index (χ0v) is 18.5. The summed E-state index contributed by atoms with van der Waals surface area (Å²) in [6.45, 7) is 4.83. The molecule has 0 radical (unpaired) electrons. The molecule has 2 aromatic rings. The third kappa shape index (κ3) is 3.21. The van der Waals surface area contributed by atoms with Gasteiger partial charge in [0, 0.05) is 86.2 Å². The molecular formula is C23H29ClN4O2. The summed E-state index contributed by atoms with van der Waals surface area (Å²) in [6.07, 6.45) is 3.96. The highest BCUT2D eigenvalue weighted by atomic mass is 35.5. The molecule has 2 bridgehead atoms. The molecule has 5 rings (SSSR count). The third-order valence-corrected chi connectivity index (χ3v) is 7.64. The molecule has 1 aromatic carbocycles. The standard InChI is InChI=1S/C23H29ClN4O2/c1-15(29)26-9-11-27(12-10-26)22(30)7-8-28-19-5-3-16(24)13-18(19)23-20-6-4-17(25(20)2)14-21(23)28/h3,5,13,17,20H,4,6-12,14H2,1-2H3. The molecule has 4 heterocycles. The molecule has 3 aliphatic rings. The lowest BCUT2D eigenvalue weighted by Crippen LogP contribution is -2.50. The summed E-state index contributed by atoms with van der Waals surface area (Å²) < 4.78 is 2.38. The van der Waals surface area contributed by atoms with Crippen molar-refractivity contribution in [3.05, 3.63) is 34.5 Å². The van der Waals surface area contributed by atoms with Crippen LogP contribution in [0.15, 0.2) is 18.2 Å². The topological polar surface area (TPSA) is 48.8 Å². The number of carbonyl (C=O) groups is 2. The molecule has 160 valence electrons. The molecule has 0 spiro atoms. The van der Waals surface area contributed by atoms with Gasteiger partial charge in [0.2, 0.25) is 11.8 Å². The van der Waals surface area contributed by atoms with Crippen LogP contribution >= 0.6 is 11.6 Å². The molecule has 6 nitrogen and oxygen atoms in total. The number of piperazine rings is 1. The zero-order valence-electron chi connectivity index (χ0n) is 17.7. The van der Waals surface area contributed by atoms with Crippen LogP contribution in [0.5, 0.6) is 0 Å². The van der Waals surface area contributed by atoms with Gasteiger partial charge in [-0.1, -0.05) is 11.6 Å². The fourth-order valence-corrected chi connectivity index (χ4v) is 5.89. The van der Waals surface area contributed by atoms with Crippen LogP contribution in [0.2, 0.25) is 5.02 Å². The van der Waals surface area contributed by atoms with Crippen molar-refractivity contribution in [2.45, 2.75) is 51.2 Å². The minimum Gasteiger partial charge on any atom is -0.344 e. The second-order valence-corrected chi connectivity index (χ2v) is 9.36. The summed E-state index contributed by atoms with van der Waals surface area (Å²) in [5.41, 5.74) is 4.01. The highest BCUT2D eigenvalue weighted by molar-refractivity contribution is 6.31. The van der Waals surface area contributed by atoms with Crippen LogP contribution in [-0.4, -0.2) is 70.3 Å². The first-order chi connectivity index (χ1) is 14.4. The van der Waals surface area contributed by atoms with Crippen LogP contribution in [0, 0.1) is 0 Å². The van der Waals surface area contributed by atoms with Gasteiger partial charge >= 0.3 is 0 Å². The van der Waals surface area contributed by atoms with Gasteiger partial charge in [-0.2, -0.15) is 0 Å². The maximum Gasteiger partial charge on any atom is 0.224 e. The summed E-state index contributed by atoms with van der Waals surface area (Å²) in [4.78, 5) is 30.7. The first-order valence-corrected chi connectivity index (χ1v) is 11.4. The number of carbonyl (C=O) groups excluding carboxylic acids is 2. The van der Waals surface area contributed by atoms with E-state index in [2.05, 4.69) is 28.6 Å². The number of benzene rings is 1. The normalized spacial score (nSPS) is 23.8. The van der Waals surface area contributed by atoms with E-state index in [1.165, 1.54) is 35.0 Å². The Bertz CT molecular complexity index is 1010. The fraction of sp³-hybridized carbons (Fsp3) is 0.565. The highest BCUT2D eigenvalue weighted by Gasteiger charge is 2.40.